The summed E-state index contributed by atoms with van der Waals surface area (Å²) in [5.41, 5.74) is 0. The maximum absolute atomic E-state index is 11.5. The first-order valence-electron chi connectivity index (χ1n) is 5.52. The lowest BCUT2D eigenvalue weighted by molar-refractivity contribution is -0.148. The highest BCUT2D eigenvalue weighted by Gasteiger charge is 2.25. The summed E-state index contributed by atoms with van der Waals surface area (Å²) in [7, 11) is 0. The molecule has 0 aromatic heterocycles. The molecule has 0 spiro atoms. The highest BCUT2D eigenvalue weighted by Crippen LogP contribution is 2.05. The van der Waals surface area contributed by atoms with Gasteiger partial charge in [0.05, 0.1) is 19.1 Å². The smallest absolute Gasteiger partial charge is 0.328 e. The first-order chi connectivity index (χ1) is 7.38. The molecule has 0 aromatic carbocycles. The van der Waals surface area contributed by atoms with Gasteiger partial charge in [-0.05, 0) is 19.8 Å². The topological polar surface area (TPSA) is 75.6 Å². The fraction of sp³-hybridized carbons (Fsp3) is 0.818. The van der Waals surface area contributed by atoms with E-state index in [1.165, 1.54) is 6.92 Å². The average Bonchev–Trinajstić information content (AvgIpc) is 2.12. The van der Waals surface area contributed by atoms with Gasteiger partial charge < -0.3 is 15.2 Å². The number of carbonyl (C=O) groups is 2. The quantitative estimate of drug-likeness (QED) is 0.651. The van der Waals surface area contributed by atoms with E-state index >= 15 is 0 Å². The summed E-state index contributed by atoms with van der Waals surface area (Å²) < 4.78 is 4.86. The van der Waals surface area contributed by atoms with Crippen molar-refractivity contribution in [3.05, 3.63) is 0 Å². The minimum Gasteiger partial charge on any atom is -0.464 e. The molecule has 1 amide bonds. The molecule has 0 aliphatic carbocycles. The molecule has 0 aromatic rings. The number of carbonyl (C=O) groups excluding carboxylic acids is 2. The van der Waals surface area contributed by atoms with E-state index in [2.05, 4.69) is 5.32 Å². The SMILES string of the molecule is CCOC(=O)[C@@H](NC(=O)CC(C)O)C(C)C. The Morgan fingerprint density at radius 3 is 2.25 bits per heavy atom. The van der Waals surface area contributed by atoms with Crippen LogP contribution in [0.1, 0.15) is 34.1 Å². The van der Waals surface area contributed by atoms with E-state index in [0.29, 0.717) is 0 Å². The number of nitrogens with one attached hydrogen (secondary N) is 1. The van der Waals surface area contributed by atoms with Gasteiger partial charge in [-0.1, -0.05) is 13.8 Å². The van der Waals surface area contributed by atoms with Crippen molar-refractivity contribution in [2.24, 2.45) is 5.92 Å². The Bertz CT molecular complexity index is 238. The lowest BCUT2D eigenvalue weighted by Gasteiger charge is -2.20. The molecule has 0 rings (SSSR count). The molecule has 2 N–H and O–H groups in total. The van der Waals surface area contributed by atoms with Crippen LogP contribution in [-0.2, 0) is 14.3 Å². The van der Waals surface area contributed by atoms with Crippen LogP contribution in [0.25, 0.3) is 0 Å². The van der Waals surface area contributed by atoms with Gasteiger partial charge in [0.15, 0.2) is 0 Å². The van der Waals surface area contributed by atoms with Gasteiger partial charge in [-0.2, -0.15) is 0 Å². The van der Waals surface area contributed by atoms with Crippen LogP contribution < -0.4 is 5.32 Å². The second kappa shape index (κ2) is 7.22. The third-order valence-electron chi connectivity index (χ3n) is 2.00. The summed E-state index contributed by atoms with van der Waals surface area (Å²) in [4.78, 5) is 22.9. The van der Waals surface area contributed by atoms with Crippen LogP contribution >= 0.6 is 0 Å². The Morgan fingerprint density at radius 1 is 1.31 bits per heavy atom. The van der Waals surface area contributed by atoms with Crippen LogP contribution in [0.2, 0.25) is 0 Å². The lowest BCUT2D eigenvalue weighted by Crippen LogP contribution is -2.45. The van der Waals surface area contributed by atoms with Gasteiger partial charge in [-0.15, -0.1) is 0 Å². The fourth-order valence-electron chi connectivity index (χ4n) is 1.23. The third-order valence-corrected chi connectivity index (χ3v) is 2.00. The molecule has 0 heterocycles. The summed E-state index contributed by atoms with van der Waals surface area (Å²) in [6.45, 7) is 7.17. The minimum atomic E-state index is -0.713. The molecule has 0 fully saturated rings. The maximum Gasteiger partial charge on any atom is 0.328 e. The average molecular weight is 231 g/mol. The summed E-state index contributed by atoms with van der Waals surface area (Å²) in [5.74, 6) is -0.824. The monoisotopic (exact) mass is 231 g/mol. The zero-order valence-corrected chi connectivity index (χ0v) is 10.3. The standard InChI is InChI=1S/C11H21NO4/c1-5-16-11(15)10(7(2)3)12-9(14)6-8(4)13/h7-8,10,13H,5-6H2,1-4H3,(H,12,14)/t8?,10-/m0/s1. The van der Waals surface area contributed by atoms with Gasteiger partial charge in [0.2, 0.25) is 5.91 Å². The van der Waals surface area contributed by atoms with Gasteiger partial charge in [-0.3, -0.25) is 4.79 Å². The van der Waals surface area contributed by atoms with Crippen molar-refractivity contribution in [3.8, 4) is 0 Å². The van der Waals surface area contributed by atoms with Gasteiger partial charge in [0, 0.05) is 0 Å². The van der Waals surface area contributed by atoms with E-state index in [9.17, 15) is 9.59 Å². The normalized spacial score (nSPS) is 14.4. The van der Waals surface area contributed by atoms with E-state index in [4.69, 9.17) is 9.84 Å². The van der Waals surface area contributed by atoms with Gasteiger partial charge in [-0.25, -0.2) is 4.79 Å². The number of esters is 1. The number of rotatable bonds is 6. The first-order valence-corrected chi connectivity index (χ1v) is 5.52. The van der Waals surface area contributed by atoms with Crippen molar-refractivity contribution < 1.29 is 19.4 Å². The van der Waals surface area contributed by atoms with Crippen LogP contribution in [0.4, 0.5) is 0 Å². The van der Waals surface area contributed by atoms with Crippen molar-refractivity contribution in [1.82, 2.24) is 5.32 Å². The van der Waals surface area contributed by atoms with E-state index in [-0.39, 0.29) is 24.9 Å². The zero-order chi connectivity index (χ0) is 12.7. The number of aliphatic hydroxyl groups excluding tert-OH is 1. The molecule has 0 aliphatic rings. The molecule has 0 aliphatic heterocycles. The Kier molecular flexibility index (Phi) is 6.72. The van der Waals surface area contributed by atoms with E-state index in [1.807, 2.05) is 13.8 Å². The van der Waals surface area contributed by atoms with Crippen LogP contribution in [0, 0.1) is 5.92 Å². The highest BCUT2D eigenvalue weighted by atomic mass is 16.5. The van der Waals surface area contributed by atoms with Crippen molar-refractivity contribution >= 4 is 11.9 Å². The Labute approximate surface area is 96.2 Å². The predicted molar refractivity (Wildman–Crippen MR) is 59.7 cm³/mol. The third kappa shape index (κ3) is 5.70. The molecule has 0 saturated heterocycles. The molecule has 5 heteroatoms. The summed E-state index contributed by atoms with van der Waals surface area (Å²) in [5, 5.41) is 11.6. The van der Waals surface area contributed by atoms with Crippen molar-refractivity contribution in [3.63, 3.8) is 0 Å². The van der Waals surface area contributed by atoms with Crippen molar-refractivity contribution in [2.75, 3.05) is 6.61 Å². The minimum absolute atomic E-state index is 0.0113. The predicted octanol–water partition coefficient (Wildman–Crippen LogP) is 0.461. The number of ether oxygens (including phenoxy) is 1. The second-order valence-electron chi connectivity index (χ2n) is 4.09. The number of hydrogen-bond donors (Lipinski definition) is 2. The highest BCUT2D eigenvalue weighted by molar-refractivity contribution is 5.84. The molecule has 94 valence electrons. The van der Waals surface area contributed by atoms with E-state index in [0.717, 1.165) is 0 Å². The molecule has 0 bridgehead atoms. The van der Waals surface area contributed by atoms with Crippen molar-refractivity contribution in [1.29, 1.82) is 0 Å². The largest absolute Gasteiger partial charge is 0.464 e. The van der Waals surface area contributed by atoms with Crippen LogP contribution in [0.15, 0.2) is 0 Å². The van der Waals surface area contributed by atoms with Crippen LogP contribution in [-0.4, -0.2) is 35.7 Å². The molecule has 0 saturated carbocycles. The Balaban J connectivity index is 4.34. The Morgan fingerprint density at radius 2 is 1.88 bits per heavy atom. The first kappa shape index (κ1) is 14.9. The van der Waals surface area contributed by atoms with Gasteiger partial charge in [0.25, 0.3) is 0 Å². The molecule has 5 nitrogen and oxygen atoms in total. The molecule has 2 atom stereocenters. The molecular weight excluding hydrogens is 210 g/mol. The van der Waals surface area contributed by atoms with E-state index in [1.54, 1.807) is 6.92 Å². The molecule has 0 radical (unpaired) electrons. The molecular formula is C11H21NO4. The van der Waals surface area contributed by atoms with Gasteiger partial charge >= 0.3 is 5.97 Å². The number of aliphatic hydroxyl groups is 1. The lowest BCUT2D eigenvalue weighted by atomic mass is 10.0. The Hall–Kier alpha value is -1.10. The number of amides is 1. The van der Waals surface area contributed by atoms with Crippen LogP contribution in [0.3, 0.4) is 0 Å². The van der Waals surface area contributed by atoms with Gasteiger partial charge in [0.1, 0.15) is 6.04 Å². The second-order valence-corrected chi connectivity index (χ2v) is 4.09. The van der Waals surface area contributed by atoms with E-state index < -0.39 is 18.1 Å². The molecule has 16 heavy (non-hydrogen) atoms. The molecule has 1 unspecified atom stereocenters. The summed E-state index contributed by atoms with van der Waals surface area (Å²) in [6.07, 6.45) is -0.724. The van der Waals surface area contributed by atoms with Crippen LogP contribution in [0.5, 0.6) is 0 Å². The number of hydrogen-bond acceptors (Lipinski definition) is 4. The summed E-state index contributed by atoms with van der Waals surface area (Å²) >= 11 is 0. The summed E-state index contributed by atoms with van der Waals surface area (Å²) in [6, 6.07) is -0.647. The van der Waals surface area contributed by atoms with Crippen molar-refractivity contribution in [2.45, 2.75) is 46.3 Å². The maximum atomic E-state index is 11.5. The zero-order valence-electron chi connectivity index (χ0n) is 10.3. The fourth-order valence-corrected chi connectivity index (χ4v) is 1.23.